The first-order valence-electron chi connectivity index (χ1n) is 6.19. The van der Waals surface area contributed by atoms with Crippen LogP contribution in [0.1, 0.15) is 5.56 Å². The number of hydrogen-bond donors (Lipinski definition) is 1. The number of rotatable bonds is 6. The Morgan fingerprint density at radius 2 is 1.90 bits per heavy atom. The number of ether oxygens (including phenoxy) is 1. The van der Waals surface area contributed by atoms with Gasteiger partial charge in [0.05, 0.1) is 7.11 Å². The highest BCUT2D eigenvalue weighted by atomic mass is 35.5. The summed E-state index contributed by atoms with van der Waals surface area (Å²) in [6.45, 7) is 0.533. The van der Waals surface area contributed by atoms with E-state index in [-0.39, 0.29) is 0 Å². The number of alkyl halides is 2. The van der Waals surface area contributed by atoms with Crippen molar-refractivity contribution in [3.05, 3.63) is 53.1 Å². The highest BCUT2D eigenvalue weighted by Gasteiger charge is 2.06. The molecule has 0 unspecified atom stereocenters. The van der Waals surface area contributed by atoms with Crippen LogP contribution in [0.5, 0.6) is 5.75 Å². The van der Waals surface area contributed by atoms with E-state index in [0.717, 1.165) is 17.0 Å². The zero-order valence-corrected chi connectivity index (χ0v) is 12.8. The lowest BCUT2D eigenvalue weighted by Crippen LogP contribution is -2.01. The number of thioether (sulfide) groups is 1. The fourth-order valence-electron chi connectivity index (χ4n) is 1.84. The van der Waals surface area contributed by atoms with E-state index in [1.807, 2.05) is 12.1 Å². The van der Waals surface area contributed by atoms with E-state index in [9.17, 15) is 8.78 Å². The van der Waals surface area contributed by atoms with E-state index in [1.54, 1.807) is 37.4 Å². The van der Waals surface area contributed by atoms with E-state index in [4.69, 9.17) is 16.3 Å². The minimum absolute atomic E-state index is 0.531. The van der Waals surface area contributed by atoms with Crippen molar-refractivity contribution in [3.8, 4) is 5.75 Å². The number of nitrogens with one attached hydrogen (secondary N) is 1. The van der Waals surface area contributed by atoms with Gasteiger partial charge in [0, 0.05) is 27.7 Å². The largest absolute Gasteiger partial charge is 0.496 e. The molecule has 2 aromatic rings. The minimum Gasteiger partial charge on any atom is -0.496 e. The fourth-order valence-corrected chi connectivity index (χ4v) is 2.53. The molecule has 0 amide bonds. The first-order chi connectivity index (χ1) is 10.1. The number of halogens is 3. The summed E-state index contributed by atoms with van der Waals surface area (Å²) in [5, 5.41) is 3.84. The Morgan fingerprint density at radius 1 is 1.19 bits per heavy atom. The van der Waals surface area contributed by atoms with Gasteiger partial charge in [-0.05, 0) is 42.5 Å². The van der Waals surface area contributed by atoms with Crippen molar-refractivity contribution in [1.82, 2.24) is 0 Å². The van der Waals surface area contributed by atoms with Crippen molar-refractivity contribution in [2.75, 3.05) is 12.4 Å². The molecule has 0 aliphatic rings. The molecule has 2 nitrogen and oxygen atoms in total. The minimum atomic E-state index is -2.40. The van der Waals surface area contributed by atoms with E-state index >= 15 is 0 Å². The molecule has 2 aromatic carbocycles. The van der Waals surface area contributed by atoms with Crippen molar-refractivity contribution in [3.63, 3.8) is 0 Å². The molecule has 0 radical (unpaired) electrons. The lowest BCUT2D eigenvalue weighted by atomic mass is 10.2. The van der Waals surface area contributed by atoms with Gasteiger partial charge in [0.15, 0.2) is 0 Å². The molecule has 0 saturated carbocycles. The molecule has 0 fully saturated rings. The molecule has 0 atom stereocenters. The van der Waals surface area contributed by atoms with Gasteiger partial charge in [-0.1, -0.05) is 23.4 Å². The Labute approximate surface area is 131 Å². The molecule has 0 spiro atoms. The zero-order valence-electron chi connectivity index (χ0n) is 11.3. The topological polar surface area (TPSA) is 21.3 Å². The van der Waals surface area contributed by atoms with Crippen molar-refractivity contribution >= 4 is 29.1 Å². The summed E-state index contributed by atoms with van der Waals surface area (Å²) >= 11 is 6.50. The molecule has 2 rings (SSSR count). The van der Waals surface area contributed by atoms with Gasteiger partial charge in [-0.3, -0.25) is 0 Å². The third-order valence-electron chi connectivity index (χ3n) is 2.80. The van der Waals surface area contributed by atoms with Crippen molar-refractivity contribution in [1.29, 1.82) is 0 Å². The van der Waals surface area contributed by atoms with Gasteiger partial charge in [-0.15, -0.1) is 0 Å². The van der Waals surface area contributed by atoms with Crippen molar-refractivity contribution in [2.24, 2.45) is 0 Å². The summed E-state index contributed by atoms with van der Waals surface area (Å²) in [6.07, 6.45) is 0. The summed E-state index contributed by atoms with van der Waals surface area (Å²) in [7, 11) is 1.60. The quantitative estimate of drug-likeness (QED) is 0.729. The SMILES string of the molecule is COc1ccc(Cl)cc1CNc1ccc(SC(F)F)cc1. The molecule has 0 aromatic heterocycles. The Hall–Kier alpha value is -1.46. The van der Waals surface area contributed by atoms with Gasteiger partial charge < -0.3 is 10.1 Å². The molecule has 0 saturated heterocycles. The molecule has 112 valence electrons. The van der Waals surface area contributed by atoms with Crippen molar-refractivity contribution < 1.29 is 13.5 Å². The Kier molecular flexibility index (Phi) is 5.70. The highest BCUT2D eigenvalue weighted by molar-refractivity contribution is 7.99. The van der Waals surface area contributed by atoms with Gasteiger partial charge in [-0.2, -0.15) is 8.78 Å². The smallest absolute Gasteiger partial charge is 0.288 e. The zero-order chi connectivity index (χ0) is 15.2. The number of anilines is 1. The normalized spacial score (nSPS) is 10.7. The van der Waals surface area contributed by atoms with E-state index in [2.05, 4.69) is 5.32 Å². The maximum absolute atomic E-state index is 12.2. The number of hydrogen-bond acceptors (Lipinski definition) is 3. The predicted octanol–water partition coefficient (Wildman–Crippen LogP) is 5.28. The highest BCUT2D eigenvalue weighted by Crippen LogP contribution is 2.27. The maximum atomic E-state index is 12.2. The van der Waals surface area contributed by atoms with Crippen LogP contribution >= 0.6 is 23.4 Å². The second-order valence-electron chi connectivity index (χ2n) is 4.21. The van der Waals surface area contributed by atoms with Crippen LogP contribution in [0.4, 0.5) is 14.5 Å². The second kappa shape index (κ2) is 7.52. The number of methoxy groups -OCH3 is 1. The van der Waals surface area contributed by atoms with Crippen LogP contribution in [0.3, 0.4) is 0 Å². The molecule has 21 heavy (non-hydrogen) atoms. The fraction of sp³-hybridized carbons (Fsp3) is 0.200. The first kappa shape index (κ1) is 15.9. The van der Waals surface area contributed by atoms with Crippen LogP contribution < -0.4 is 10.1 Å². The standard InChI is InChI=1S/C15H14ClF2NOS/c1-20-14-7-2-11(16)8-10(14)9-19-12-3-5-13(6-4-12)21-15(17)18/h2-8,15,19H,9H2,1H3. The molecule has 6 heteroatoms. The van der Waals surface area contributed by atoms with Crippen LogP contribution in [-0.4, -0.2) is 12.9 Å². The van der Waals surface area contributed by atoms with Gasteiger partial charge >= 0.3 is 0 Å². The summed E-state index contributed by atoms with van der Waals surface area (Å²) in [5.41, 5.74) is 1.77. The average molecular weight is 330 g/mol. The molecular formula is C15H14ClF2NOS. The lowest BCUT2D eigenvalue weighted by Gasteiger charge is -2.11. The maximum Gasteiger partial charge on any atom is 0.288 e. The van der Waals surface area contributed by atoms with Gasteiger partial charge in [0.2, 0.25) is 0 Å². The molecule has 0 bridgehead atoms. The predicted molar refractivity (Wildman–Crippen MR) is 83.6 cm³/mol. The van der Waals surface area contributed by atoms with E-state index in [1.165, 1.54) is 0 Å². The van der Waals surface area contributed by atoms with Crippen LogP contribution in [-0.2, 0) is 6.54 Å². The van der Waals surface area contributed by atoms with Gasteiger partial charge in [0.25, 0.3) is 5.76 Å². The summed E-state index contributed by atoms with van der Waals surface area (Å²) < 4.78 is 29.7. The van der Waals surface area contributed by atoms with Crippen molar-refractivity contribution in [2.45, 2.75) is 17.2 Å². The first-order valence-corrected chi connectivity index (χ1v) is 7.45. The van der Waals surface area contributed by atoms with E-state index in [0.29, 0.717) is 28.2 Å². The molecule has 1 N–H and O–H groups in total. The lowest BCUT2D eigenvalue weighted by molar-refractivity contribution is 0.252. The Balaban J connectivity index is 2.01. The average Bonchev–Trinajstić information content (AvgIpc) is 2.46. The molecular weight excluding hydrogens is 316 g/mol. The second-order valence-corrected chi connectivity index (χ2v) is 5.71. The van der Waals surface area contributed by atoms with Crippen LogP contribution in [0.15, 0.2) is 47.4 Å². The summed E-state index contributed by atoms with van der Waals surface area (Å²) in [5.74, 6) is -1.66. The Bertz CT molecular complexity index is 593. The van der Waals surface area contributed by atoms with Gasteiger partial charge in [0.1, 0.15) is 5.75 Å². The summed E-state index contributed by atoms with van der Waals surface area (Å²) in [6, 6.07) is 12.3. The van der Waals surface area contributed by atoms with Crippen LogP contribution in [0.2, 0.25) is 5.02 Å². The number of benzene rings is 2. The molecule has 0 heterocycles. The van der Waals surface area contributed by atoms with E-state index < -0.39 is 5.76 Å². The van der Waals surface area contributed by atoms with Gasteiger partial charge in [-0.25, -0.2) is 0 Å². The monoisotopic (exact) mass is 329 g/mol. The van der Waals surface area contributed by atoms with Crippen LogP contribution in [0, 0.1) is 0 Å². The third kappa shape index (κ3) is 4.79. The van der Waals surface area contributed by atoms with Crippen LogP contribution in [0.25, 0.3) is 0 Å². The summed E-state index contributed by atoms with van der Waals surface area (Å²) in [4.78, 5) is 0.538. The third-order valence-corrected chi connectivity index (χ3v) is 3.76. The molecule has 0 aliphatic heterocycles. The molecule has 0 aliphatic carbocycles. The Morgan fingerprint density at radius 3 is 2.52 bits per heavy atom.